The van der Waals surface area contributed by atoms with Crippen molar-refractivity contribution in [2.75, 3.05) is 24.9 Å². The number of nitrogens with zero attached hydrogens (tertiary/aromatic N) is 1. The number of carbonyl (C=O) groups is 3. The summed E-state index contributed by atoms with van der Waals surface area (Å²) < 4.78 is 9.37. The maximum atomic E-state index is 12.4. The fourth-order valence-corrected chi connectivity index (χ4v) is 2.54. The van der Waals surface area contributed by atoms with Crippen LogP contribution in [0.2, 0.25) is 5.02 Å². The van der Waals surface area contributed by atoms with Crippen molar-refractivity contribution in [3.8, 4) is 6.07 Å². The number of halogens is 1. The standard InChI is InChI=1S/C21H18ClN3O5/c1-12-4-6-15(9-17(12)22)25-19(26)14(10-23)11-24-18-8-13(20(27)29-2)5-7-16(18)21(28)30-3/h4-9,11,24H,1-3H3,(H,25,26)/b14-11-. The lowest BCUT2D eigenvalue weighted by molar-refractivity contribution is -0.112. The molecule has 0 aliphatic carbocycles. The summed E-state index contributed by atoms with van der Waals surface area (Å²) in [6.45, 7) is 1.82. The van der Waals surface area contributed by atoms with Gasteiger partial charge in [-0.25, -0.2) is 9.59 Å². The van der Waals surface area contributed by atoms with E-state index in [0.29, 0.717) is 10.7 Å². The van der Waals surface area contributed by atoms with Crippen LogP contribution >= 0.6 is 11.6 Å². The van der Waals surface area contributed by atoms with Gasteiger partial charge in [0, 0.05) is 16.9 Å². The van der Waals surface area contributed by atoms with Crippen LogP contribution in [0.4, 0.5) is 11.4 Å². The van der Waals surface area contributed by atoms with Crippen LogP contribution in [-0.4, -0.2) is 32.1 Å². The molecule has 0 aliphatic rings. The lowest BCUT2D eigenvalue weighted by atomic mass is 10.1. The summed E-state index contributed by atoms with van der Waals surface area (Å²) in [5.74, 6) is -1.97. The van der Waals surface area contributed by atoms with Crippen LogP contribution in [0.3, 0.4) is 0 Å². The van der Waals surface area contributed by atoms with Gasteiger partial charge >= 0.3 is 11.9 Å². The first-order valence-electron chi connectivity index (χ1n) is 8.55. The number of benzene rings is 2. The van der Waals surface area contributed by atoms with Crippen LogP contribution < -0.4 is 10.6 Å². The molecule has 0 fully saturated rings. The number of rotatable bonds is 6. The topological polar surface area (TPSA) is 118 Å². The molecule has 2 N–H and O–H groups in total. The molecular formula is C21H18ClN3O5. The summed E-state index contributed by atoms with van der Waals surface area (Å²) in [6, 6.07) is 10.8. The van der Waals surface area contributed by atoms with Gasteiger partial charge in [-0.15, -0.1) is 0 Å². The molecule has 0 saturated carbocycles. The highest BCUT2D eigenvalue weighted by Crippen LogP contribution is 2.22. The molecule has 0 atom stereocenters. The van der Waals surface area contributed by atoms with Gasteiger partial charge in [-0.2, -0.15) is 5.26 Å². The highest BCUT2D eigenvalue weighted by atomic mass is 35.5. The molecular weight excluding hydrogens is 410 g/mol. The summed E-state index contributed by atoms with van der Waals surface area (Å²) in [7, 11) is 2.43. The van der Waals surface area contributed by atoms with E-state index < -0.39 is 17.8 Å². The molecule has 2 aromatic rings. The number of anilines is 2. The molecule has 0 spiro atoms. The van der Waals surface area contributed by atoms with Crippen LogP contribution in [0.15, 0.2) is 48.2 Å². The quantitative estimate of drug-likeness (QED) is 0.410. The van der Waals surface area contributed by atoms with Crippen LogP contribution in [-0.2, 0) is 14.3 Å². The SMILES string of the molecule is COC(=O)c1ccc(C(=O)OC)c(N/C=C(/C#N)C(=O)Nc2ccc(C)c(Cl)c2)c1. The molecule has 2 aromatic carbocycles. The van der Waals surface area contributed by atoms with E-state index in [9.17, 15) is 19.6 Å². The first-order valence-corrected chi connectivity index (χ1v) is 8.93. The Kier molecular flexibility index (Phi) is 7.56. The lowest BCUT2D eigenvalue weighted by Crippen LogP contribution is -2.15. The van der Waals surface area contributed by atoms with E-state index in [2.05, 4.69) is 15.4 Å². The molecule has 0 radical (unpaired) electrons. The second-order valence-corrected chi connectivity index (χ2v) is 6.38. The third-order valence-corrected chi connectivity index (χ3v) is 4.42. The highest BCUT2D eigenvalue weighted by molar-refractivity contribution is 6.31. The van der Waals surface area contributed by atoms with Crippen molar-refractivity contribution in [2.45, 2.75) is 6.92 Å². The van der Waals surface area contributed by atoms with Gasteiger partial charge in [0.25, 0.3) is 5.91 Å². The monoisotopic (exact) mass is 427 g/mol. The van der Waals surface area contributed by atoms with Crippen molar-refractivity contribution < 1.29 is 23.9 Å². The first kappa shape index (κ1) is 22.5. The fourth-order valence-electron chi connectivity index (χ4n) is 2.36. The average molecular weight is 428 g/mol. The van der Waals surface area contributed by atoms with Crippen LogP contribution in [0, 0.1) is 18.3 Å². The van der Waals surface area contributed by atoms with E-state index in [1.807, 2.05) is 6.92 Å². The summed E-state index contributed by atoms with van der Waals surface area (Å²) in [4.78, 5) is 36.1. The van der Waals surface area contributed by atoms with E-state index in [4.69, 9.17) is 16.3 Å². The van der Waals surface area contributed by atoms with Gasteiger partial charge in [-0.3, -0.25) is 4.79 Å². The van der Waals surface area contributed by atoms with E-state index in [0.717, 1.165) is 11.8 Å². The largest absolute Gasteiger partial charge is 0.465 e. The Balaban J connectivity index is 2.30. The first-order chi connectivity index (χ1) is 14.3. The van der Waals surface area contributed by atoms with E-state index in [-0.39, 0.29) is 22.4 Å². The molecule has 0 heterocycles. The van der Waals surface area contributed by atoms with E-state index >= 15 is 0 Å². The molecule has 8 nitrogen and oxygen atoms in total. The molecule has 30 heavy (non-hydrogen) atoms. The maximum Gasteiger partial charge on any atom is 0.339 e. The predicted molar refractivity (Wildman–Crippen MR) is 111 cm³/mol. The average Bonchev–Trinajstić information content (AvgIpc) is 2.75. The molecule has 0 aromatic heterocycles. The van der Waals surface area contributed by atoms with E-state index in [1.54, 1.807) is 24.3 Å². The number of hydrogen-bond donors (Lipinski definition) is 2. The fraction of sp³-hybridized carbons (Fsp3) is 0.143. The van der Waals surface area contributed by atoms with Gasteiger partial charge in [0.1, 0.15) is 11.6 Å². The Morgan fingerprint density at radius 2 is 1.77 bits per heavy atom. The number of nitrogens with one attached hydrogen (secondary N) is 2. The molecule has 2 rings (SSSR count). The Morgan fingerprint density at radius 3 is 2.37 bits per heavy atom. The number of ether oxygens (including phenoxy) is 2. The second kappa shape index (κ2) is 10.1. The normalized spacial score (nSPS) is 10.6. The predicted octanol–water partition coefficient (Wildman–Crippen LogP) is 3.68. The number of aryl methyl sites for hydroxylation is 1. The van der Waals surface area contributed by atoms with Crippen LogP contribution in [0.5, 0.6) is 0 Å². The van der Waals surface area contributed by atoms with Gasteiger partial charge in [0.15, 0.2) is 0 Å². The number of nitriles is 1. The molecule has 9 heteroatoms. The summed E-state index contributed by atoms with van der Waals surface area (Å²) in [6.07, 6.45) is 1.12. The van der Waals surface area contributed by atoms with Crippen molar-refractivity contribution in [3.63, 3.8) is 0 Å². The molecule has 154 valence electrons. The molecule has 0 unspecified atom stereocenters. The van der Waals surface area contributed by atoms with Crippen LogP contribution in [0.25, 0.3) is 0 Å². The third-order valence-electron chi connectivity index (χ3n) is 4.01. The Hall–Kier alpha value is -3.83. The van der Waals surface area contributed by atoms with Gasteiger partial charge < -0.3 is 20.1 Å². The zero-order valence-electron chi connectivity index (χ0n) is 16.4. The lowest BCUT2D eigenvalue weighted by Gasteiger charge is -2.10. The maximum absolute atomic E-state index is 12.4. The second-order valence-electron chi connectivity index (χ2n) is 5.98. The smallest absolute Gasteiger partial charge is 0.339 e. The van der Waals surface area contributed by atoms with Crippen molar-refractivity contribution >= 4 is 40.8 Å². The highest BCUT2D eigenvalue weighted by Gasteiger charge is 2.16. The summed E-state index contributed by atoms with van der Waals surface area (Å²) >= 11 is 6.04. The third kappa shape index (κ3) is 5.37. The van der Waals surface area contributed by atoms with Gasteiger partial charge in [-0.05, 0) is 42.8 Å². The van der Waals surface area contributed by atoms with Crippen molar-refractivity contribution in [2.24, 2.45) is 0 Å². The summed E-state index contributed by atoms with van der Waals surface area (Å²) in [5, 5.41) is 15.1. The Labute approximate surface area is 178 Å². The molecule has 0 bridgehead atoms. The number of hydrogen-bond acceptors (Lipinski definition) is 7. The van der Waals surface area contributed by atoms with Gasteiger partial charge in [0.05, 0.1) is 31.0 Å². The molecule has 1 amide bonds. The van der Waals surface area contributed by atoms with Gasteiger partial charge in [-0.1, -0.05) is 17.7 Å². The zero-order chi connectivity index (χ0) is 22.3. The number of esters is 2. The van der Waals surface area contributed by atoms with Crippen LogP contribution in [0.1, 0.15) is 26.3 Å². The molecule has 0 saturated heterocycles. The minimum absolute atomic E-state index is 0.101. The van der Waals surface area contributed by atoms with Crippen molar-refractivity contribution in [1.82, 2.24) is 0 Å². The van der Waals surface area contributed by atoms with Crippen molar-refractivity contribution in [1.29, 1.82) is 5.26 Å². The zero-order valence-corrected chi connectivity index (χ0v) is 17.2. The summed E-state index contributed by atoms with van der Waals surface area (Å²) in [5.41, 5.74) is 1.41. The van der Waals surface area contributed by atoms with Crippen molar-refractivity contribution in [3.05, 3.63) is 69.9 Å². The van der Waals surface area contributed by atoms with E-state index in [1.165, 1.54) is 32.4 Å². The number of carbonyl (C=O) groups excluding carboxylic acids is 3. The minimum Gasteiger partial charge on any atom is -0.465 e. The van der Waals surface area contributed by atoms with Gasteiger partial charge in [0.2, 0.25) is 0 Å². The minimum atomic E-state index is -0.686. The number of methoxy groups -OCH3 is 2. The number of amides is 1. The molecule has 0 aliphatic heterocycles. The Morgan fingerprint density at radius 1 is 1.07 bits per heavy atom. The Bertz CT molecular complexity index is 1070.